The van der Waals surface area contributed by atoms with Crippen molar-refractivity contribution in [1.29, 1.82) is 0 Å². The molecule has 100 valence electrons. The zero-order valence-electron chi connectivity index (χ0n) is 10.6. The van der Waals surface area contributed by atoms with Crippen molar-refractivity contribution in [2.75, 3.05) is 6.54 Å². The molecule has 4 heteroatoms. The Kier molecular flexibility index (Phi) is 4.34. The number of piperidine rings is 1. The molecule has 1 N–H and O–H groups in total. The monoisotopic (exact) mass is 277 g/mol. The second kappa shape index (κ2) is 5.99. The van der Waals surface area contributed by atoms with Gasteiger partial charge in [-0.15, -0.1) is 12.3 Å². The molecular formula is C15H16ClNO2. The number of nitrogens with zero attached hydrogens (tertiary/aromatic N) is 1. The van der Waals surface area contributed by atoms with Crippen LogP contribution >= 0.6 is 11.6 Å². The molecule has 0 bridgehead atoms. The summed E-state index contributed by atoms with van der Waals surface area (Å²) in [4.78, 5) is 12.8. The summed E-state index contributed by atoms with van der Waals surface area (Å²) in [5.74, 6) is 3.07. The van der Waals surface area contributed by atoms with Gasteiger partial charge in [-0.3, -0.25) is 0 Å². The minimum atomic E-state index is -0.876. The zero-order valence-corrected chi connectivity index (χ0v) is 11.3. The van der Waals surface area contributed by atoms with E-state index in [9.17, 15) is 9.90 Å². The number of amides is 1. The van der Waals surface area contributed by atoms with E-state index in [0.29, 0.717) is 23.9 Å². The molecule has 19 heavy (non-hydrogen) atoms. The molecule has 0 spiro atoms. The summed E-state index contributed by atoms with van der Waals surface area (Å²) in [5, 5.41) is 9.95. The van der Waals surface area contributed by atoms with Gasteiger partial charge in [0.2, 0.25) is 0 Å². The Hall–Kier alpha value is -1.66. The molecule has 1 amide bonds. The molecule has 1 aliphatic rings. The lowest BCUT2D eigenvalue weighted by Gasteiger charge is -2.37. The minimum absolute atomic E-state index is 0.123. The Bertz CT molecular complexity index is 492. The molecule has 2 unspecified atom stereocenters. The van der Waals surface area contributed by atoms with E-state index in [0.717, 1.165) is 18.4 Å². The van der Waals surface area contributed by atoms with Crippen molar-refractivity contribution < 1.29 is 9.90 Å². The van der Waals surface area contributed by atoms with Crippen LogP contribution in [0.4, 0.5) is 4.79 Å². The van der Waals surface area contributed by atoms with Crippen molar-refractivity contribution in [3.05, 3.63) is 34.9 Å². The van der Waals surface area contributed by atoms with Gasteiger partial charge in [-0.2, -0.15) is 0 Å². The fourth-order valence-electron chi connectivity index (χ4n) is 2.62. The van der Waals surface area contributed by atoms with E-state index >= 15 is 0 Å². The second-order valence-electron chi connectivity index (χ2n) is 4.84. The van der Waals surface area contributed by atoms with Crippen LogP contribution < -0.4 is 0 Å². The Morgan fingerprint density at radius 1 is 1.47 bits per heavy atom. The van der Waals surface area contributed by atoms with Gasteiger partial charge in [-0.25, -0.2) is 4.79 Å². The highest BCUT2D eigenvalue weighted by atomic mass is 35.5. The number of rotatable bonds is 2. The van der Waals surface area contributed by atoms with Crippen LogP contribution in [0.5, 0.6) is 0 Å². The van der Waals surface area contributed by atoms with Crippen LogP contribution in [0.25, 0.3) is 0 Å². The maximum atomic E-state index is 11.3. The first kappa shape index (κ1) is 13.8. The number of halogens is 1. The van der Waals surface area contributed by atoms with Crippen molar-refractivity contribution in [3.63, 3.8) is 0 Å². The molecule has 3 nitrogen and oxygen atoms in total. The topological polar surface area (TPSA) is 40.5 Å². The molecule has 1 heterocycles. The van der Waals surface area contributed by atoms with Gasteiger partial charge in [-0.05, 0) is 36.5 Å². The third-order valence-electron chi connectivity index (χ3n) is 3.62. The van der Waals surface area contributed by atoms with Crippen LogP contribution in [-0.2, 0) is 0 Å². The third-order valence-corrected chi connectivity index (χ3v) is 3.87. The predicted octanol–water partition coefficient (Wildman–Crippen LogP) is 3.79. The molecule has 0 aliphatic carbocycles. The summed E-state index contributed by atoms with van der Waals surface area (Å²) in [7, 11) is 0. The second-order valence-corrected chi connectivity index (χ2v) is 5.28. The quantitative estimate of drug-likeness (QED) is 0.836. The number of benzene rings is 1. The molecule has 0 saturated carbocycles. The standard InChI is InChI=1S/C15H16ClNO2/c1-2-3-11-8-9-17(15(18)19)14(10-11)12-4-6-13(16)7-5-12/h1,4-7,11,14H,3,8-10H2,(H,18,19). The van der Waals surface area contributed by atoms with E-state index in [1.54, 1.807) is 12.1 Å². The first-order valence-corrected chi connectivity index (χ1v) is 6.68. The van der Waals surface area contributed by atoms with E-state index in [-0.39, 0.29) is 6.04 Å². The molecule has 1 fully saturated rings. The van der Waals surface area contributed by atoms with Crippen molar-refractivity contribution in [2.45, 2.75) is 25.3 Å². The van der Waals surface area contributed by atoms with Crippen molar-refractivity contribution in [2.24, 2.45) is 5.92 Å². The molecule has 0 aromatic heterocycles. The van der Waals surface area contributed by atoms with Crippen LogP contribution in [0.15, 0.2) is 24.3 Å². The minimum Gasteiger partial charge on any atom is -0.465 e. The lowest BCUT2D eigenvalue weighted by molar-refractivity contribution is 0.0903. The third kappa shape index (κ3) is 3.21. The molecule has 1 aromatic rings. The molecule has 0 radical (unpaired) electrons. The van der Waals surface area contributed by atoms with Crippen LogP contribution in [-0.4, -0.2) is 22.6 Å². The molecule has 1 aromatic carbocycles. The summed E-state index contributed by atoms with van der Waals surface area (Å²) < 4.78 is 0. The molecule has 2 atom stereocenters. The maximum absolute atomic E-state index is 11.3. The highest BCUT2D eigenvalue weighted by Gasteiger charge is 2.32. The number of carbonyl (C=O) groups is 1. The Morgan fingerprint density at radius 2 is 2.16 bits per heavy atom. The summed E-state index contributed by atoms with van der Waals surface area (Å²) in [5.41, 5.74) is 0.980. The number of hydrogen-bond acceptors (Lipinski definition) is 1. The van der Waals surface area contributed by atoms with Crippen molar-refractivity contribution in [3.8, 4) is 12.3 Å². The fourth-order valence-corrected chi connectivity index (χ4v) is 2.75. The lowest BCUT2D eigenvalue weighted by Crippen LogP contribution is -2.40. The van der Waals surface area contributed by atoms with E-state index < -0.39 is 6.09 Å². The van der Waals surface area contributed by atoms with Crippen LogP contribution in [0, 0.1) is 18.3 Å². The van der Waals surface area contributed by atoms with Gasteiger partial charge in [0.25, 0.3) is 0 Å². The van der Waals surface area contributed by atoms with Gasteiger partial charge < -0.3 is 10.0 Å². The van der Waals surface area contributed by atoms with Gasteiger partial charge in [-0.1, -0.05) is 23.7 Å². The van der Waals surface area contributed by atoms with Gasteiger partial charge in [0.15, 0.2) is 0 Å². The normalized spacial score (nSPS) is 22.8. The molecule has 2 rings (SSSR count). The van der Waals surface area contributed by atoms with E-state index in [1.165, 1.54) is 4.90 Å². The van der Waals surface area contributed by atoms with Crippen LogP contribution in [0.1, 0.15) is 30.9 Å². The largest absolute Gasteiger partial charge is 0.465 e. The van der Waals surface area contributed by atoms with Crippen molar-refractivity contribution in [1.82, 2.24) is 4.90 Å². The zero-order chi connectivity index (χ0) is 13.8. The fraction of sp³-hybridized carbons (Fsp3) is 0.400. The number of carboxylic acid groups (broad SMARTS) is 1. The SMILES string of the molecule is C#CCC1CCN(C(=O)O)C(c2ccc(Cl)cc2)C1. The average Bonchev–Trinajstić information content (AvgIpc) is 2.39. The van der Waals surface area contributed by atoms with Crippen molar-refractivity contribution >= 4 is 17.7 Å². The van der Waals surface area contributed by atoms with E-state index in [4.69, 9.17) is 18.0 Å². The van der Waals surface area contributed by atoms with Crippen LogP contribution in [0.2, 0.25) is 5.02 Å². The average molecular weight is 278 g/mol. The number of hydrogen-bond donors (Lipinski definition) is 1. The smallest absolute Gasteiger partial charge is 0.407 e. The van der Waals surface area contributed by atoms with Gasteiger partial charge >= 0.3 is 6.09 Å². The summed E-state index contributed by atoms with van der Waals surface area (Å²) in [6.45, 7) is 0.537. The Morgan fingerprint density at radius 3 is 2.74 bits per heavy atom. The predicted molar refractivity (Wildman–Crippen MR) is 75.1 cm³/mol. The first-order valence-electron chi connectivity index (χ1n) is 6.30. The molecule has 1 saturated heterocycles. The van der Waals surface area contributed by atoms with Crippen LogP contribution in [0.3, 0.4) is 0 Å². The van der Waals surface area contributed by atoms with Gasteiger partial charge in [0.05, 0.1) is 6.04 Å². The number of likely N-dealkylation sites (tertiary alicyclic amines) is 1. The highest BCUT2D eigenvalue weighted by Crippen LogP contribution is 2.35. The van der Waals surface area contributed by atoms with E-state index in [2.05, 4.69) is 5.92 Å². The Labute approximate surface area is 118 Å². The summed E-state index contributed by atoms with van der Waals surface area (Å²) >= 11 is 5.87. The first-order chi connectivity index (χ1) is 9.11. The number of terminal acetylenes is 1. The lowest BCUT2D eigenvalue weighted by atomic mass is 9.85. The highest BCUT2D eigenvalue weighted by molar-refractivity contribution is 6.30. The van der Waals surface area contributed by atoms with Gasteiger partial charge in [0.1, 0.15) is 0 Å². The molecule has 1 aliphatic heterocycles. The summed E-state index contributed by atoms with van der Waals surface area (Å²) in [6.07, 6.45) is 6.80. The Balaban J connectivity index is 2.22. The summed E-state index contributed by atoms with van der Waals surface area (Å²) in [6, 6.07) is 7.24. The van der Waals surface area contributed by atoms with Gasteiger partial charge in [0, 0.05) is 18.0 Å². The molecular weight excluding hydrogens is 262 g/mol. The maximum Gasteiger partial charge on any atom is 0.407 e. The van der Waals surface area contributed by atoms with E-state index in [1.807, 2.05) is 12.1 Å².